The standard InChI is InChI=1S/C30H25N3O2S2/c1-3-32-25-18-24(35-2)15-16-26(25)36-29(32)27-28(34)33(19-20-9-5-4-6-10-20)30(37-27)31-23-14-13-21-11-7-8-12-22(21)17-23/h4-18H,3,19H2,1-2H3/b29-27-,31-30?. The highest BCUT2D eigenvalue weighted by atomic mass is 32.2. The average Bonchev–Trinajstić information content (AvgIpc) is 3.45. The SMILES string of the molecule is CCN1/C(=C2/SC(=Nc3ccc4ccccc4c3)N(Cc3ccccc3)C2=O)Sc2ccc(OC)cc21. The maximum absolute atomic E-state index is 13.9. The Hall–Kier alpha value is -3.68. The van der Waals surface area contributed by atoms with E-state index in [4.69, 9.17) is 9.73 Å². The molecule has 6 rings (SSSR count). The molecule has 4 aromatic carbocycles. The maximum atomic E-state index is 13.9. The summed E-state index contributed by atoms with van der Waals surface area (Å²) in [6, 6.07) is 30.5. The number of benzene rings is 4. The Balaban J connectivity index is 1.43. The largest absolute Gasteiger partial charge is 0.497 e. The number of carbonyl (C=O) groups excluding carboxylic acids is 1. The number of ether oxygens (including phenoxy) is 1. The van der Waals surface area contributed by atoms with Crippen molar-refractivity contribution in [3.8, 4) is 5.75 Å². The van der Waals surface area contributed by atoms with Crippen molar-refractivity contribution in [2.24, 2.45) is 4.99 Å². The molecule has 0 bridgehead atoms. The summed E-state index contributed by atoms with van der Waals surface area (Å²) in [4.78, 5) is 24.8. The van der Waals surface area contributed by atoms with Crippen molar-refractivity contribution in [2.75, 3.05) is 18.6 Å². The number of amidine groups is 1. The van der Waals surface area contributed by atoms with Gasteiger partial charge in [0, 0.05) is 17.5 Å². The van der Waals surface area contributed by atoms with Crippen LogP contribution in [0.15, 0.2) is 111 Å². The molecule has 2 aliphatic rings. The van der Waals surface area contributed by atoms with Crippen molar-refractivity contribution in [3.05, 3.63) is 106 Å². The monoisotopic (exact) mass is 523 g/mol. The molecule has 7 heteroatoms. The summed E-state index contributed by atoms with van der Waals surface area (Å²) in [5.41, 5.74) is 2.96. The van der Waals surface area contributed by atoms with Crippen LogP contribution in [0.2, 0.25) is 0 Å². The molecule has 2 aliphatic heterocycles. The number of anilines is 1. The van der Waals surface area contributed by atoms with E-state index in [0.717, 1.165) is 44.5 Å². The van der Waals surface area contributed by atoms with Crippen LogP contribution in [0.5, 0.6) is 5.75 Å². The highest BCUT2D eigenvalue weighted by Gasteiger charge is 2.39. The lowest BCUT2D eigenvalue weighted by Gasteiger charge is -2.19. The van der Waals surface area contributed by atoms with E-state index in [2.05, 4.69) is 42.2 Å². The van der Waals surface area contributed by atoms with E-state index in [1.165, 1.54) is 17.1 Å². The van der Waals surface area contributed by atoms with Gasteiger partial charge in [-0.25, -0.2) is 4.99 Å². The number of thioether (sulfide) groups is 2. The van der Waals surface area contributed by atoms with Crippen molar-refractivity contribution in [1.82, 2.24) is 4.90 Å². The molecule has 0 aromatic heterocycles. The third kappa shape index (κ3) is 4.49. The second-order valence-corrected chi connectivity index (χ2v) is 10.7. The molecule has 1 saturated heterocycles. The van der Waals surface area contributed by atoms with Gasteiger partial charge in [-0.2, -0.15) is 0 Å². The fourth-order valence-electron chi connectivity index (χ4n) is 4.55. The van der Waals surface area contributed by atoms with Gasteiger partial charge in [0.1, 0.15) is 15.7 Å². The van der Waals surface area contributed by atoms with Crippen LogP contribution in [0.4, 0.5) is 11.4 Å². The first-order valence-electron chi connectivity index (χ1n) is 12.1. The van der Waals surface area contributed by atoms with E-state index in [0.29, 0.717) is 16.6 Å². The number of amides is 1. The molecule has 37 heavy (non-hydrogen) atoms. The van der Waals surface area contributed by atoms with Crippen molar-refractivity contribution in [1.29, 1.82) is 0 Å². The summed E-state index contributed by atoms with van der Waals surface area (Å²) in [6.45, 7) is 3.31. The van der Waals surface area contributed by atoms with Gasteiger partial charge in [0.05, 0.1) is 25.0 Å². The number of hydrogen-bond acceptors (Lipinski definition) is 6. The van der Waals surface area contributed by atoms with Crippen LogP contribution in [0.1, 0.15) is 12.5 Å². The number of nitrogens with zero attached hydrogens (tertiary/aromatic N) is 3. The van der Waals surface area contributed by atoms with E-state index in [1.54, 1.807) is 23.8 Å². The molecule has 0 unspecified atom stereocenters. The summed E-state index contributed by atoms with van der Waals surface area (Å²) in [5.74, 6) is 0.785. The Morgan fingerprint density at radius 2 is 1.62 bits per heavy atom. The molecule has 1 amide bonds. The predicted octanol–water partition coefficient (Wildman–Crippen LogP) is 7.41. The summed E-state index contributed by atoms with van der Waals surface area (Å²) >= 11 is 3.09. The average molecular weight is 524 g/mol. The van der Waals surface area contributed by atoms with Crippen LogP contribution in [0.3, 0.4) is 0 Å². The molecular weight excluding hydrogens is 498 g/mol. The number of fused-ring (bicyclic) bond motifs is 2. The van der Waals surface area contributed by atoms with E-state index in [1.807, 2.05) is 60.7 Å². The minimum atomic E-state index is -0.0193. The van der Waals surface area contributed by atoms with Crippen molar-refractivity contribution >= 4 is 56.7 Å². The normalized spacial score (nSPS) is 18.2. The highest BCUT2D eigenvalue weighted by molar-refractivity contribution is 8.19. The molecule has 184 valence electrons. The number of hydrogen-bond donors (Lipinski definition) is 0. The van der Waals surface area contributed by atoms with Gasteiger partial charge in [0.2, 0.25) is 0 Å². The van der Waals surface area contributed by atoms with E-state index >= 15 is 0 Å². The maximum Gasteiger partial charge on any atom is 0.269 e. The summed E-state index contributed by atoms with van der Waals surface area (Å²) in [7, 11) is 1.67. The summed E-state index contributed by atoms with van der Waals surface area (Å²) in [6.07, 6.45) is 0. The molecule has 2 heterocycles. The van der Waals surface area contributed by atoms with Crippen LogP contribution in [0.25, 0.3) is 10.8 Å². The zero-order valence-electron chi connectivity index (χ0n) is 20.5. The van der Waals surface area contributed by atoms with Gasteiger partial charge in [-0.3, -0.25) is 9.69 Å². The van der Waals surface area contributed by atoms with Gasteiger partial charge in [-0.15, -0.1) is 0 Å². The van der Waals surface area contributed by atoms with Gasteiger partial charge in [0.15, 0.2) is 5.17 Å². The van der Waals surface area contributed by atoms with Crippen molar-refractivity contribution < 1.29 is 9.53 Å². The Bertz CT molecular complexity index is 1570. The third-order valence-electron chi connectivity index (χ3n) is 6.42. The first kappa shape index (κ1) is 23.7. The lowest BCUT2D eigenvalue weighted by atomic mass is 10.1. The zero-order chi connectivity index (χ0) is 25.4. The molecular formula is C30H25N3O2S2. The lowest BCUT2D eigenvalue weighted by molar-refractivity contribution is -0.122. The van der Waals surface area contributed by atoms with Crippen LogP contribution in [-0.4, -0.2) is 29.6 Å². The van der Waals surface area contributed by atoms with Gasteiger partial charge in [-0.05, 0) is 59.3 Å². The Labute approximate surface area is 224 Å². The molecule has 5 nitrogen and oxygen atoms in total. The Morgan fingerprint density at radius 1 is 0.838 bits per heavy atom. The summed E-state index contributed by atoms with van der Waals surface area (Å²) < 4.78 is 5.46. The number of aliphatic imine (C=N–C) groups is 1. The van der Waals surface area contributed by atoms with E-state index < -0.39 is 0 Å². The second kappa shape index (κ2) is 10.00. The highest BCUT2D eigenvalue weighted by Crippen LogP contribution is 2.51. The predicted molar refractivity (Wildman–Crippen MR) is 155 cm³/mol. The molecule has 0 aliphatic carbocycles. The Morgan fingerprint density at radius 3 is 2.41 bits per heavy atom. The van der Waals surface area contributed by atoms with Crippen LogP contribution in [0, 0.1) is 0 Å². The summed E-state index contributed by atoms with van der Waals surface area (Å²) in [5, 5.41) is 3.93. The molecule has 0 saturated carbocycles. The van der Waals surface area contributed by atoms with Crippen molar-refractivity contribution in [2.45, 2.75) is 18.4 Å². The smallest absolute Gasteiger partial charge is 0.269 e. The van der Waals surface area contributed by atoms with Gasteiger partial charge in [-0.1, -0.05) is 72.4 Å². The molecule has 0 spiro atoms. The van der Waals surface area contributed by atoms with Crippen molar-refractivity contribution in [3.63, 3.8) is 0 Å². The molecule has 0 N–H and O–H groups in total. The fraction of sp³-hybridized carbons (Fsp3) is 0.133. The van der Waals surface area contributed by atoms with Crippen LogP contribution >= 0.6 is 23.5 Å². The fourth-order valence-corrected chi connectivity index (χ4v) is 6.92. The third-order valence-corrected chi connectivity index (χ3v) is 8.80. The quantitative estimate of drug-likeness (QED) is 0.255. The first-order valence-corrected chi connectivity index (χ1v) is 13.8. The van der Waals surface area contributed by atoms with E-state index in [9.17, 15) is 4.79 Å². The second-order valence-electron chi connectivity index (χ2n) is 8.72. The molecule has 1 fully saturated rings. The minimum Gasteiger partial charge on any atom is -0.497 e. The molecule has 4 aromatic rings. The topological polar surface area (TPSA) is 45.1 Å². The Kier molecular flexibility index (Phi) is 6.40. The number of rotatable bonds is 5. The van der Waals surface area contributed by atoms with Gasteiger partial charge >= 0.3 is 0 Å². The number of carbonyl (C=O) groups is 1. The van der Waals surface area contributed by atoms with E-state index in [-0.39, 0.29) is 5.91 Å². The van der Waals surface area contributed by atoms with Gasteiger partial charge in [0.25, 0.3) is 5.91 Å². The van der Waals surface area contributed by atoms with Crippen LogP contribution < -0.4 is 9.64 Å². The van der Waals surface area contributed by atoms with Gasteiger partial charge < -0.3 is 9.64 Å². The lowest BCUT2D eigenvalue weighted by Crippen LogP contribution is -2.29. The minimum absolute atomic E-state index is 0.0193. The first-order chi connectivity index (χ1) is 18.1. The van der Waals surface area contributed by atoms with Crippen LogP contribution in [-0.2, 0) is 11.3 Å². The molecule has 0 atom stereocenters. The zero-order valence-corrected chi connectivity index (χ0v) is 22.2. The molecule has 0 radical (unpaired) electrons. The number of methoxy groups -OCH3 is 1.